The molecule has 172 valence electrons. The van der Waals surface area contributed by atoms with Crippen LogP contribution in [0.4, 0.5) is 0 Å². The van der Waals surface area contributed by atoms with Crippen molar-refractivity contribution in [3.05, 3.63) is 71.3 Å². The SMILES string of the molecule is CCCOc1cccc(C(=O)N2CCN(C(=O)c3ncn(-c4cccc(Cl)c4)n3)CC2C)c1. The van der Waals surface area contributed by atoms with Gasteiger partial charge in [0.2, 0.25) is 5.82 Å². The number of hydrogen-bond acceptors (Lipinski definition) is 5. The largest absolute Gasteiger partial charge is 0.494 e. The molecule has 2 amide bonds. The minimum Gasteiger partial charge on any atom is -0.494 e. The Bertz CT molecular complexity index is 1150. The van der Waals surface area contributed by atoms with E-state index in [1.54, 1.807) is 34.1 Å². The second-order valence-electron chi connectivity index (χ2n) is 7.97. The number of halogens is 1. The zero-order chi connectivity index (χ0) is 23.4. The Balaban J connectivity index is 1.41. The van der Waals surface area contributed by atoms with Crippen LogP contribution in [0.3, 0.4) is 0 Å². The molecule has 0 aliphatic carbocycles. The lowest BCUT2D eigenvalue weighted by atomic mass is 10.1. The van der Waals surface area contributed by atoms with Crippen LogP contribution in [0.25, 0.3) is 5.69 Å². The molecule has 1 aliphatic rings. The smallest absolute Gasteiger partial charge is 0.293 e. The highest BCUT2D eigenvalue weighted by Gasteiger charge is 2.32. The van der Waals surface area contributed by atoms with Gasteiger partial charge in [0.1, 0.15) is 12.1 Å². The van der Waals surface area contributed by atoms with E-state index in [2.05, 4.69) is 10.1 Å². The fourth-order valence-electron chi connectivity index (χ4n) is 3.79. The number of carbonyl (C=O) groups excluding carboxylic acids is 2. The topological polar surface area (TPSA) is 80.6 Å². The third-order valence-electron chi connectivity index (χ3n) is 5.49. The van der Waals surface area contributed by atoms with Crippen LogP contribution in [0.15, 0.2) is 54.9 Å². The molecule has 1 aromatic heterocycles. The number of rotatable bonds is 6. The van der Waals surface area contributed by atoms with Crippen LogP contribution in [0, 0.1) is 0 Å². The van der Waals surface area contributed by atoms with Crippen molar-refractivity contribution in [1.82, 2.24) is 24.6 Å². The molecule has 33 heavy (non-hydrogen) atoms. The van der Waals surface area contributed by atoms with Gasteiger partial charge in [0.15, 0.2) is 0 Å². The van der Waals surface area contributed by atoms with Gasteiger partial charge in [-0.05, 0) is 49.7 Å². The summed E-state index contributed by atoms with van der Waals surface area (Å²) < 4.78 is 7.18. The second-order valence-corrected chi connectivity index (χ2v) is 8.40. The van der Waals surface area contributed by atoms with Crippen molar-refractivity contribution in [1.29, 1.82) is 0 Å². The predicted octanol–water partition coefficient (Wildman–Crippen LogP) is 3.70. The molecular weight excluding hydrogens is 442 g/mol. The lowest BCUT2D eigenvalue weighted by Crippen LogP contribution is -2.55. The molecule has 2 aromatic carbocycles. The first-order chi connectivity index (χ1) is 16.0. The van der Waals surface area contributed by atoms with Gasteiger partial charge in [0, 0.05) is 36.3 Å². The third-order valence-corrected chi connectivity index (χ3v) is 5.72. The summed E-state index contributed by atoms with van der Waals surface area (Å²) in [5, 5.41) is 4.90. The summed E-state index contributed by atoms with van der Waals surface area (Å²) in [5.74, 6) is 0.470. The maximum Gasteiger partial charge on any atom is 0.293 e. The monoisotopic (exact) mass is 467 g/mol. The average molecular weight is 468 g/mol. The highest BCUT2D eigenvalue weighted by atomic mass is 35.5. The van der Waals surface area contributed by atoms with Gasteiger partial charge in [-0.15, -0.1) is 5.10 Å². The van der Waals surface area contributed by atoms with E-state index in [0.717, 1.165) is 12.1 Å². The third kappa shape index (κ3) is 5.17. The van der Waals surface area contributed by atoms with Gasteiger partial charge in [-0.3, -0.25) is 9.59 Å². The van der Waals surface area contributed by atoms with Crippen molar-refractivity contribution >= 4 is 23.4 Å². The normalized spacial score (nSPS) is 16.0. The Kier molecular flexibility index (Phi) is 6.93. The molecule has 0 radical (unpaired) electrons. The lowest BCUT2D eigenvalue weighted by molar-refractivity contribution is 0.0408. The van der Waals surface area contributed by atoms with Gasteiger partial charge >= 0.3 is 0 Å². The average Bonchev–Trinajstić information content (AvgIpc) is 3.32. The van der Waals surface area contributed by atoms with Crippen molar-refractivity contribution in [2.75, 3.05) is 26.2 Å². The van der Waals surface area contributed by atoms with E-state index >= 15 is 0 Å². The molecule has 1 unspecified atom stereocenters. The summed E-state index contributed by atoms with van der Waals surface area (Å²) in [5.41, 5.74) is 1.31. The number of aromatic nitrogens is 3. The number of ether oxygens (including phenoxy) is 1. The zero-order valence-corrected chi connectivity index (χ0v) is 19.4. The first kappa shape index (κ1) is 22.8. The standard InChI is InChI=1S/C24H26ClN5O3/c1-3-12-33-21-9-4-6-18(13-21)23(31)29-11-10-28(15-17(29)2)24(32)22-26-16-30(27-22)20-8-5-7-19(25)14-20/h4-9,13-14,16-17H,3,10-12,15H2,1-2H3. The van der Waals surface area contributed by atoms with Crippen LogP contribution < -0.4 is 4.74 Å². The van der Waals surface area contributed by atoms with Crippen LogP contribution >= 0.6 is 11.6 Å². The highest BCUT2D eigenvalue weighted by molar-refractivity contribution is 6.30. The maximum absolute atomic E-state index is 13.1. The minimum absolute atomic E-state index is 0.0695. The van der Waals surface area contributed by atoms with Gasteiger partial charge in [-0.1, -0.05) is 30.7 Å². The van der Waals surface area contributed by atoms with Crippen molar-refractivity contribution in [3.63, 3.8) is 0 Å². The van der Waals surface area contributed by atoms with Crippen LogP contribution in [0.2, 0.25) is 5.02 Å². The number of hydrogen-bond donors (Lipinski definition) is 0. The summed E-state index contributed by atoms with van der Waals surface area (Å²) in [7, 11) is 0. The molecule has 1 atom stereocenters. The van der Waals surface area contributed by atoms with Crippen molar-refractivity contribution in [3.8, 4) is 11.4 Å². The molecular formula is C24H26ClN5O3. The second kappa shape index (κ2) is 10.0. The van der Waals surface area contributed by atoms with E-state index in [-0.39, 0.29) is 23.7 Å². The van der Waals surface area contributed by atoms with Crippen LogP contribution in [0.5, 0.6) is 5.75 Å². The summed E-state index contributed by atoms with van der Waals surface area (Å²) >= 11 is 6.04. The van der Waals surface area contributed by atoms with Crippen molar-refractivity contribution in [2.45, 2.75) is 26.3 Å². The predicted molar refractivity (Wildman–Crippen MR) is 125 cm³/mol. The summed E-state index contributed by atoms with van der Waals surface area (Å²) in [6.45, 7) is 5.83. The number of piperazine rings is 1. The lowest BCUT2D eigenvalue weighted by Gasteiger charge is -2.39. The maximum atomic E-state index is 13.1. The molecule has 1 fully saturated rings. The van der Waals surface area contributed by atoms with Gasteiger partial charge in [-0.25, -0.2) is 9.67 Å². The fraction of sp³-hybridized carbons (Fsp3) is 0.333. The summed E-state index contributed by atoms with van der Waals surface area (Å²) in [6, 6.07) is 14.3. The summed E-state index contributed by atoms with van der Waals surface area (Å²) in [6.07, 6.45) is 2.40. The highest BCUT2D eigenvalue weighted by Crippen LogP contribution is 2.20. The number of amides is 2. The van der Waals surface area contributed by atoms with Crippen LogP contribution in [0.1, 0.15) is 41.2 Å². The molecule has 9 heteroatoms. The first-order valence-electron chi connectivity index (χ1n) is 11.0. The molecule has 8 nitrogen and oxygen atoms in total. The number of benzene rings is 2. The van der Waals surface area contributed by atoms with E-state index in [1.807, 2.05) is 38.1 Å². The fourth-order valence-corrected chi connectivity index (χ4v) is 3.98. The van der Waals surface area contributed by atoms with E-state index in [9.17, 15) is 9.59 Å². The first-order valence-corrected chi connectivity index (χ1v) is 11.3. The van der Waals surface area contributed by atoms with Crippen molar-refractivity contribution < 1.29 is 14.3 Å². The quantitative estimate of drug-likeness (QED) is 0.552. The Labute approximate surface area is 197 Å². The van der Waals surface area contributed by atoms with E-state index in [0.29, 0.717) is 42.6 Å². The van der Waals surface area contributed by atoms with E-state index < -0.39 is 0 Å². The van der Waals surface area contributed by atoms with Crippen LogP contribution in [-0.2, 0) is 0 Å². The van der Waals surface area contributed by atoms with Crippen LogP contribution in [-0.4, -0.2) is 68.7 Å². The molecule has 0 bridgehead atoms. The van der Waals surface area contributed by atoms with Gasteiger partial charge in [0.25, 0.3) is 11.8 Å². The van der Waals surface area contributed by atoms with Gasteiger partial charge < -0.3 is 14.5 Å². The molecule has 0 saturated carbocycles. The molecule has 1 aliphatic heterocycles. The Morgan fingerprint density at radius 3 is 2.70 bits per heavy atom. The molecule has 1 saturated heterocycles. The number of carbonyl (C=O) groups is 2. The summed E-state index contributed by atoms with van der Waals surface area (Å²) in [4.78, 5) is 33.7. The molecule has 2 heterocycles. The van der Waals surface area contributed by atoms with Crippen molar-refractivity contribution in [2.24, 2.45) is 0 Å². The molecule has 0 N–H and O–H groups in total. The molecule has 4 rings (SSSR count). The molecule has 3 aromatic rings. The minimum atomic E-state index is -0.260. The van der Waals surface area contributed by atoms with E-state index in [1.165, 1.54) is 11.0 Å². The Hall–Kier alpha value is -3.39. The molecule has 0 spiro atoms. The Morgan fingerprint density at radius 2 is 1.94 bits per heavy atom. The number of nitrogens with zero attached hydrogens (tertiary/aromatic N) is 5. The van der Waals surface area contributed by atoms with Gasteiger partial charge in [-0.2, -0.15) is 0 Å². The van der Waals surface area contributed by atoms with Gasteiger partial charge in [0.05, 0.1) is 12.3 Å². The Morgan fingerprint density at radius 1 is 1.12 bits per heavy atom. The van der Waals surface area contributed by atoms with E-state index in [4.69, 9.17) is 16.3 Å². The zero-order valence-electron chi connectivity index (χ0n) is 18.6.